The molecule has 1 aliphatic heterocycles. The van der Waals surface area contributed by atoms with Crippen molar-refractivity contribution in [2.45, 2.75) is 45.0 Å². The van der Waals surface area contributed by atoms with Crippen LogP contribution in [0.5, 0.6) is 5.88 Å². The molecular formula is C24H28FN7O3. The van der Waals surface area contributed by atoms with E-state index in [-0.39, 0.29) is 12.5 Å². The van der Waals surface area contributed by atoms with Crippen molar-refractivity contribution in [1.29, 1.82) is 0 Å². The number of alkyl halides is 1. The number of carbonyl (C=O) groups excluding carboxylic acids is 1. The van der Waals surface area contributed by atoms with Crippen LogP contribution in [0.4, 0.5) is 15.1 Å². The van der Waals surface area contributed by atoms with Crippen molar-refractivity contribution in [1.82, 2.24) is 29.1 Å². The summed E-state index contributed by atoms with van der Waals surface area (Å²) in [6, 6.07) is 7.32. The molecule has 0 aromatic carbocycles. The number of hydrogen-bond donors (Lipinski definition) is 1. The summed E-state index contributed by atoms with van der Waals surface area (Å²) >= 11 is 0. The lowest BCUT2D eigenvalue weighted by Gasteiger charge is -2.35. The number of hydrogen-bond acceptors (Lipinski definition) is 7. The second-order valence-electron chi connectivity index (χ2n) is 9.57. The predicted octanol–water partition coefficient (Wildman–Crippen LogP) is 3.81. The molecular weight excluding hydrogens is 453 g/mol. The van der Waals surface area contributed by atoms with Gasteiger partial charge in [-0.05, 0) is 57.0 Å². The molecule has 0 aliphatic carbocycles. The molecule has 5 rings (SSSR count). The summed E-state index contributed by atoms with van der Waals surface area (Å²) in [7, 11) is 1.54. The maximum atomic E-state index is 15.0. The van der Waals surface area contributed by atoms with Crippen LogP contribution in [-0.2, 0) is 4.74 Å². The monoisotopic (exact) mass is 481 g/mol. The largest absolute Gasteiger partial charge is 0.479 e. The molecule has 0 spiro atoms. The summed E-state index contributed by atoms with van der Waals surface area (Å²) in [5.41, 5.74) is 2.93. The van der Waals surface area contributed by atoms with Crippen molar-refractivity contribution >= 4 is 23.1 Å². The van der Waals surface area contributed by atoms with E-state index in [0.717, 1.165) is 16.6 Å². The van der Waals surface area contributed by atoms with E-state index in [9.17, 15) is 9.18 Å². The molecule has 2 atom stereocenters. The zero-order chi connectivity index (χ0) is 24.7. The number of carbonyl (C=O) groups is 1. The summed E-state index contributed by atoms with van der Waals surface area (Å²) < 4.78 is 29.4. The van der Waals surface area contributed by atoms with E-state index in [0.29, 0.717) is 24.4 Å². The number of piperidine rings is 1. The Morgan fingerprint density at radius 2 is 2.00 bits per heavy atom. The number of aromatic nitrogens is 5. The number of pyridine rings is 1. The Morgan fingerprint density at radius 1 is 1.20 bits per heavy atom. The number of fused-ring (bicyclic) bond motifs is 2. The van der Waals surface area contributed by atoms with E-state index >= 15 is 0 Å². The maximum absolute atomic E-state index is 15.0. The zero-order valence-corrected chi connectivity index (χ0v) is 20.1. The minimum absolute atomic E-state index is 0.0588. The number of nitrogens with one attached hydrogen (secondary N) is 1. The van der Waals surface area contributed by atoms with Crippen LogP contribution in [0.2, 0.25) is 0 Å². The minimum Gasteiger partial charge on any atom is -0.479 e. The molecule has 0 bridgehead atoms. The number of likely N-dealkylation sites (tertiary alicyclic amines) is 1. The topological polar surface area (TPSA) is 98.3 Å². The first-order valence-corrected chi connectivity index (χ1v) is 11.5. The number of amides is 1. The maximum Gasteiger partial charge on any atom is 0.410 e. The zero-order valence-electron chi connectivity index (χ0n) is 20.1. The summed E-state index contributed by atoms with van der Waals surface area (Å²) in [5.74, 6) is 0.624. The van der Waals surface area contributed by atoms with Gasteiger partial charge in [0.25, 0.3) is 0 Å². The van der Waals surface area contributed by atoms with Crippen molar-refractivity contribution in [3.8, 4) is 17.0 Å². The van der Waals surface area contributed by atoms with Crippen LogP contribution in [0, 0.1) is 0 Å². The molecule has 1 fully saturated rings. The van der Waals surface area contributed by atoms with Gasteiger partial charge in [0.15, 0.2) is 0 Å². The first kappa shape index (κ1) is 22.9. The van der Waals surface area contributed by atoms with Gasteiger partial charge < -0.3 is 19.7 Å². The Labute approximate surface area is 201 Å². The van der Waals surface area contributed by atoms with Crippen LogP contribution in [-0.4, -0.2) is 73.2 Å². The summed E-state index contributed by atoms with van der Waals surface area (Å²) in [6.07, 6.45) is 4.04. The molecule has 1 aliphatic rings. The van der Waals surface area contributed by atoms with Crippen LogP contribution in [0.1, 0.15) is 27.2 Å². The molecule has 1 amide bonds. The van der Waals surface area contributed by atoms with Crippen molar-refractivity contribution in [2.75, 3.05) is 25.5 Å². The standard InChI is InChI=1S/C24H28FN7O3/c1-24(2,3)35-23(33)30-10-8-19(18(25)14-30)27-22-28-21(34-4)20-17(7-12-32(20)29-22)15-6-11-31-16(13-15)5-9-26-31/h5-7,9,11-13,18-19H,8,10,14H2,1-4H3,(H,27,29)/t18-,19+/m1/s1. The Kier molecular flexibility index (Phi) is 5.70. The number of halogens is 1. The van der Waals surface area contributed by atoms with Crippen LogP contribution < -0.4 is 10.1 Å². The average Bonchev–Trinajstić information content (AvgIpc) is 3.45. The second-order valence-corrected chi connectivity index (χ2v) is 9.57. The smallest absolute Gasteiger partial charge is 0.410 e. The average molecular weight is 482 g/mol. The number of anilines is 1. The summed E-state index contributed by atoms with van der Waals surface area (Å²) in [5, 5.41) is 11.9. The number of rotatable bonds is 4. The molecule has 1 N–H and O–H groups in total. The van der Waals surface area contributed by atoms with Gasteiger partial charge in [-0.25, -0.2) is 18.2 Å². The van der Waals surface area contributed by atoms with E-state index in [4.69, 9.17) is 9.47 Å². The molecule has 184 valence electrons. The SMILES string of the molecule is COc1nc(N[C@H]2CCN(C(=O)OC(C)(C)C)C[C@H]2F)nn2ccc(-c3ccn4nccc4c3)c12. The third kappa shape index (κ3) is 4.58. The van der Waals surface area contributed by atoms with E-state index in [1.165, 1.54) is 4.90 Å². The molecule has 35 heavy (non-hydrogen) atoms. The van der Waals surface area contributed by atoms with Gasteiger partial charge in [0, 0.05) is 30.7 Å². The number of ether oxygens (including phenoxy) is 2. The van der Waals surface area contributed by atoms with Crippen molar-refractivity contribution < 1.29 is 18.7 Å². The van der Waals surface area contributed by atoms with E-state index in [1.807, 2.05) is 36.7 Å². The number of methoxy groups -OCH3 is 1. The van der Waals surface area contributed by atoms with Crippen LogP contribution >= 0.6 is 0 Å². The van der Waals surface area contributed by atoms with E-state index in [2.05, 4.69) is 20.5 Å². The highest BCUT2D eigenvalue weighted by atomic mass is 19.1. The molecule has 11 heteroatoms. The van der Waals surface area contributed by atoms with Crippen LogP contribution in [0.3, 0.4) is 0 Å². The fourth-order valence-electron chi connectivity index (χ4n) is 4.24. The Balaban J connectivity index is 1.36. The van der Waals surface area contributed by atoms with Crippen molar-refractivity contribution in [2.24, 2.45) is 0 Å². The second kappa shape index (κ2) is 8.71. The lowest BCUT2D eigenvalue weighted by atomic mass is 10.0. The molecule has 0 radical (unpaired) electrons. The lowest BCUT2D eigenvalue weighted by molar-refractivity contribution is 0.0125. The lowest BCUT2D eigenvalue weighted by Crippen LogP contribution is -2.51. The van der Waals surface area contributed by atoms with Gasteiger partial charge in [-0.3, -0.25) is 0 Å². The summed E-state index contributed by atoms with van der Waals surface area (Å²) in [4.78, 5) is 18.2. The normalized spacial score (nSPS) is 18.7. The fourth-order valence-corrected chi connectivity index (χ4v) is 4.24. The summed E-state index contributed by atoms with van der Waals surface area (Å²) in [6.45, 7) is 5.68. The van der Waals surface area contributed by atoms with Crippen molar-refractivity contribution in [3.63, 3.8) is 0 Å². The van der Waals surface area contributed by atoms with Gasteiger partial charge in [-0.2, -0.15) is 10.1 Å². The van der Waals surface area contributed by atoms with Crippen LogP contribution in [0.25, 0.3) is 22.2 Å². The van der Waals surface area contributed by atoms with Crippen LogP contribution in [0.15, 0.2) is 42.9 Å². The number of nitrogens with zero attached hydrogens (tertiary/aromatic N) is 6. The van der Waals surface area contributed by atoms with Gasteiger partial charge in [0.05, 0.1) is 25.2 Å². The molecule has 1 saturated heterocycles. The highest BCUT2D eigenvalue weighted by Crippen LogP contribution is 2.32. The molecule has 4 aromatic heterocycles. The first-order valence-electron chi connectivity index (χ1n) is 11.5. The Hall–Kier alpha value is -3.89. The van der Waals surface area contributed by atoms with E-state index < -0.39 is 23.9 Å². The third-order valence-electron chi connectivity index (χ3n) is 5.89. The highest BCUT2D eigenvalue weighted by molar-refractivity contribution is 5.85. The van der Waals surface area contributed by atoms with Gasteiger partial charge >= 0.3 is 6.09 Å². The predicted molar refractivity (Wildman–Crippen MR) is 128 cm³/mol. The molecule has 10 nitrogen and oxygen atoms in total. The molecule has 0 saturated carbocycles. The van der Waals surface area contributed by atoms with E-state index in [1.54, 1.807) is 43.1 Å². The highest BCUT2D eigenvalue weighted by Gasteiger charge is 2.34. The Bertz CT molecular complexity index is 1380. The first-order chi connectivity index (χ1) is 16.7. The quantitative estimate of drug-likeness (QED) is 0.473. The Morgan fingerprint density at radius 3 is 2.74 bits per heavy atom. The van der Waals surface area contributed by atoms with Gasteiger partial charge in [-0.1, -0.05) is 0 Å². The molecule has 0 unspecified atom stereocenters. The van der Waals surface area contributed by atoms with Gasteiger partial charge in [0.1, 0.15) is 17.3 Å². The third-order valence-corrected chi connectivity index (χ3v) is 5.89. The minimum atomic E-state index is -1.30. The van der Waals surface area contributed by atoms with Gasteiger partial charge in [0.2, 0.25) is 11.8 Å². The fraction of sp³-hybridized carbons (Fsp3) is 0.417. The van der Waals surface area contributed by atoms with Crippen molar-refractivity contribution in [3.05, 3.63) is 42.9 Å². The molecule has 5 heterocycles. The van der Waals surface area contributed by atoms with Gasteiger partial charge in [-0.15, -0.1) is 5.10 Å². The molecule has 4 aromatic rings.